The molecule has 0 spiro atoms. The molecule has 7 heteroatoms. The number of nitrogen functional groups attached to an aromatic ring is 1. The first-order valence-electron chi connectivity index (χ1n) is 9.50. The summed E-state index contributed by atoms with van der Waals surface area (Å²) in [7, 11) is 2.14. The van der Waals surface area contributed by atoms with Crippen LogP contribution in [-0.4, -0.2) is 44.0 Å². The van der Waals surface area contributed by atoms with Crippen molar-refractivity contribution >= 4 is 45.9 Å². The Labute approximate surface area is 179 Å². The number of nitrogens with two attached hydrogens (primary N) is 1. The summed E-state index contributed by atoms with van der Waals surface area (Å²) in [4.78, 5) is 18.4. The second-order valence-corrected chi connectivity index (χ2v) is 8.91. The second kappa shape index (κ2) is 8.45. The molecule has 3 N–H and O–H groups in total. The number of nitrogens with zero attached hydrogens (tertiary/aromatic N) is 2. The Morgan fingerprint density at radius 3 is 2.41 bits per heavy atom. The first-order valence-corrected chi connectivity index (χ1v) is 10.7. The number of hydrogen-bond donors (Lipinski definition) is 2. The van der Waals surface area contributed by atoms with Gasteiger partial charge in [-0.05, 0) is 61.1 Å². The van der Waals surface area contributed by atoms with Gasteiger partial charge < -0.3 is 20.9 Å². The molecule has 2 aromatic carbocycles. The summed E-state index contributed by atoms with van der Waals surface area (Å²) < 4.78 is 0.725. The minimum atomic E-state index is -0.178. The number of nitrogens with one attached hydrogen (secondary N) is 1. The van der Waals surface area contributed by atoms with Gasteiger partial charge in [0.2, 0.25) is 0 Å². The Bertz CT molecular complexity index is 1010. The number of benzene rings is 2. The normalized spacial score (nSPS) is 14.8. The maximum absolute atomic E-state index is 12.7. The summed E-state index contributed by atoms with van der Waals surface area (Å²) in [6.07, 6.45) is 0. The van der Waals surface area contributed by atoms with Crippen LogP contribution in [0.15, 0.2) is 54.6 Å². The van der Waals surface area contributed by atoms with Crippen LogP contribution >= 0.6 is 22.9 Å². The smallest absolute Gasteiger partial charge is 0.255 e. The molecule has 0 saturated carbocycles. The van der Waals surface area contributed by atoms with Gasteiger partial charge in [0.05, 0.1) is 15.7 Å². The van der Waals surface area contributed by atoms with E-state index in [1.165, 1.54) is 11.3 Å². The molecule has 1 aromatic heterocycles. The molecule has 5 nitrogen and oxygen atoms in total. The van der Waals surface area contributed by atoms with Gasteiger partial charge in [-0.25, -0.2) is 0 Å². The number of amides is 1. The third kappa shape index (κ3) is 4.56. The molecule has 1 aliphatic heterocycles. The van der Waals surface area contributed by atoms with Crippen LogP contribution in [-0.2, 0) is 0 Å². The lowest BCUT2D eigenvalue weighted by molar-refractivity contribution is 0.102. The Morgan fingerprint density at radius 1 is 1.03 bits per heavy atom. The molecule has 1 saturated heterocycles. The summed E-state index contributed by atoms with van der Waals surface area (Å²) in [5, 5.41) is 2.94. The molecule has 4 rings (SSSR count). The topological polar surface area (TPSA) is 61.6 Å². The van der Waals surface area contributed by atoms with Crippen molar-refractivity contribution in [2.45, 2.75) is 0 Å². The van der Waals surface area contributed by atoms with Gasteiger partial charge in [0.1, 0.15) is 0 Å². The third-order valence-electron chi connectivity index (χ3n) is 5.16. The minimum Gasteiger partial charge on any atom is -0.397 e. The summed E-state index contributed by atoms with van der Waals surface area (Å²) >= 11 is 7.53. The molecule has 0 radical (unpaired) electrons. The van der Waals surface area contributed by atoms with Gasteiger partial charge in [-0.2, -0.15) is 0 Å². The predicted octanol–water partition coefficient (Wildman–Crippen LogP) is 4.65. The van der Waals surface area contributed by atoms with Crippen molar-refractivity contribution in [2.24, 2.45) is 0 Å². The van der Waals surface area contributed by atoms with Crippen molar-refractivity contribution in [1.29, 1.82) is 0 Å². The Balaban J connectivity index is 1.48. The predicted molar refractivity (Wildman–Crippen MR) is 123 cm³/mol. The molecule has 0 unspecified atom stereocenters. The van der Waals surface area contributed by atoms with Crippen molar-refractivity contribution < 1.29 is 4.79 Å². The van der Waals surface area contributed by atoms with E-state index in [0.717, 1.165) is 46.6 Å². The number of likely N-dealkylation sites (N-methyl/N-ethyl adjacent to an activating group) is 1. The number of thiophene rings is 1. The minimum absolute atomic E-state index is 0.178. The Hall–Kier alpha value is -2.54. The Kier molecular flexibility index (Phi) is 5.76. The van der Waals surface area contributed by atoms with Crippen LogP contribution in [0.4, 0.5) is 17.1 Å². The van der Waals surface area contributed by atoms with Gasteiger partial charge in [0.25, 0.3) is 5.91 Å². The average molecular weight is 427 g/mol. The average Bonchev–Trinajstić information content (AvgIpc) is 3.16. The molecule has 29 heavy (non-hydrogen) atoms. The van der Waals surface area contributed by atoms with Crippen molar-refractivity contribution in [3.8, 4) is 10.4 Å². The summed E-state index contributed by atoms with van der Waals surface area (Å²) in [6, 6.07) is 17.2. The lowest BCUT2D eigenvalue weighted by atomic mass is 10.1. The zero-order chi connectivity index (χ0) is 20.4. The molecule has 1 amide bonds. The van der Waals surface area contributed by atoms with Crippen molar-refractivity contribution in [3.63, 3.8) is 0 Å². The van der Waals surface area contributed by atoms with Crippen molar-refractivity contribution in [2.75, 3.05) is 49.2 Å². The van der Waals surface area contributed by atoms with E-state index < -0.39 is 0 Å². The standard InChI is InChI=1S/C22H23ClN4OS/c1-26-10-12-27(13-11-26)17-5-2-15(3-6-17)22(28)25-19-14-16(4-7-18(19)24)20-8-9-21(23)29-20/h2-9,14H,10-13,24H2,1H3,(H,25,28). The molecule has 0 aliphatic carbocycles. The molecular formula is C22H23ClN4OS. The molecule has 150 valence electrons. The first kappa shape index (κ1) is 19.8. The van der Waals surface area contributed by atoms with Crippen LogP contribution in [0.2, 0.25) is 4.34 Å². The fourth-order valence-corrected chi connectivity index (χ4v) is 4.41. The lowest BCUT2D eigenvalue weighted by Gasteiger charge is -2.34. The SMILES string of the molecule is CN1CCN(c2ccc(C(=O)Nc3cc(-c4ccc(Cl)s4)ccc3N)cc2)CC1. The van der Waals surface area contributed by atoms with Crippen molar-refractivity contribution in [3.05, 3.63) is 64.5 Å². The highest BCUT2D eigenvalue weighted by Crippen LogP contribution is 2.34. The first-order chi connectivity index (χ1) is 14.0. The van der Waals surface area contributed by atoms with Crippen LogP contribution in [0.3, 0.4) is 0 Å². The second-order valence-electron chi connectivity index (χ2n) is 7.20. The molecule has 1 fully saturated rings. The zero-order valence-electron chi connectivity index (χ0n) is 16.2. The number of carbonyl (C=O) groups is 1. The molecule has 0 bridgehead atoms. The maximum atomic E-state index is 12.7. The summed E-state index contributed by atoms with van der Waals surface area (Å²) in [5.74, 6) is -0.178. The quantitative estimate of drug-likeness (QED) is 0.596. The molecule has 3 aromatic rings. The fourth-order valence-electron chi connectivity index (χ4n) is 3.37. The number of hydrogen-bond acceptors (Lipinski definition) is 5. The van der Waals surface area contributed by atoms with Crippen LogP contribution in [0.1, 0.15) is 10.4 Å². The maximum Gasteiger partial charge on any atom is 0.255 e. The van der Waals surface area contributed by atoms with E-state index in [0.29, 0.717) is 16.9 Å². The number of anilines is 3. The van der Waals surface area contributed by atoms with Gasteiger partial charge in [-0.15, -0.1) is 11.3 Å². The molecular weight excluding hydrogens is 404 g/mol. The number of rotatable bonds is 4. The van der Waals surface area contributed by atoms with Crippen LogP contribution in [0.5, 0.6) is 0 Å². The highest BCUT2D eigenvalue weighted by Gasteiger charge is 2.15. The van der Waals surface area contributed by atoms with Crippen LogP contribution in [0.25, 0.3) is 10.4 Å². The van der Waals surface area contributed by atoms with Gasteiger partial charge in [0, 0.05) is 42.3 Å². The van der Waals surface area contributed by atoms with Gasteiger partial charge >= 0.3 is 0 Å². The molecule has 1 aliphatic rings. The van der Waals surface area contributed by atoms with Crippen LogP contribution < -0.4 is 16.0 Å². The molecule has 2 heterocycles. The Morgan fingerprint density at radius 2 is 1.76 bits per heavy atom. The van der Waals surface area contributed by atoms with Gasteiger partial charge in [-0.1, -0.05) is 17.7 Å². The van der Waals surface area contributed by atoms with Gasteiger partial charge in [-0.3, -0.25) is 4.79 Å². The summed E-state index contributed by atoms with van der Waals surface area (Å²) in [5.41, 5.74) is 9.93. The number of piperazine rings is 1. The van der Waals surface area contributed by atoms with E-state index in [1.54, 1.807) is 6.07 Å². The fraction of sp³-hybridized carbons (Fsp3) is 0.227. The highest BCUT2D eigenvalue weighted by atomic mass is 35.5. The zero-order valence-corrected chi connectivity index (χ0v) is 17.8. The van der Waals surface area contributed by atoms with Crippen LogP contribution in [0, 0.1) is 0 Å². The van der Waals surface area contributed by atoms with E-state index in [4.69, 9.17) is 17.3 Å². The van der Waals surface area contributed by atoms with E-state index in [1.807, 2.05) is 48.5 Å². The summed E-state index contributed by atoms with van der Waals surface area (Å²) in [6.45, 7) is 4.09. The van der Waals surface area contributed by atoms with E-state index in [2.05, 4.69) is 22.2 Å². The molecule has 0 atom stereocenters. The third-order valence-corrected chi connectivity index (χ3v) is 6.44. The number of halogens is 1. The van der Waals surface area contributed by atoms with E-state index >= 15 is 0 Å². The van der Waals surface area contributed by atoms with Gasteiger partial charge in [0.15, 0.2) is 0 Å². The van der Waals surface area contributed by atoms with Crippen molar-refractivity contribution in [1.82, 2.24) is 4.90 Å². The van der Waals surface area contributed by atoms with E-state index in [-0.39, 0.29) is 5.91 Å². The van der Waals surface area contributed by atoms with E-state index in [9.17, 15) is 4.79 Å². The monoisotopic (exact) mass is 426 g/mol. The number of carbonyl (C=O) groups excluding carboxylic acids is 1. The highest BCUT2D eigenvalue weighted by molar-refractivity contribution is 7.19. The largest absolute Gasteiger partial charge is 0.397 e. The lowest BCUT2D eigenvalue weighted by Crippen LogP contribution is -2.44.